The van der Waals surface area contributed by atoms with Crippen LogP contribution in [0.4, 0.5) is 0 Å². The van der Waals surface area contributed by atoms with Gasteiger partial charge in [0.25, 0.3) is 0 Å². The van der Waals surface area contributed by atoms with Crippen LogP contribution in [0.3, 0.4) is 0 Å². The lowest BCUT2D eigenvalue weighted by molar-refractivity contribution is -0.142. The number of amides is 8. The van der Waals surface area contributed by atoms with Crippen LogP contribution < -0.4 is 59.7 Å². The first-order valence-corrected chi connectivity index (χ1v) is 23.1. The van der Waals surface area contributed by atoms with Gasteiger partial charge in [0.05, 0.1) is 26.3 Å². The summed E-state index contributed by atoms with van der Waals surface area (Å²) in [6.07, 6.45) is -0.204. The summed E-state index contributed by atoms with van der Waals surface area (Å²) in [7, 11) is 0. The van der Waals surface area contributed by atoms with Crippen LogP contribution in [-0.4, -0.2) is 150 Å². The highest BCUT2D eigenvalue weighted by molar-refractivity contribution is 5.98. The number of rotatable bonds is 30. The predicted octanol–water partition coefficient (Wildman–Crippen LogP) is -4.04. The minimum atomic E-state index is -1.65. The topological polar surface area (TPSA) is 401 Å². The molecule has 0 fully saturated rings. The van der Waals surface area contributed by atoms with Crippen LogP contribution in [-0.2, 0) is 62.4 Å². The van der Waals surface area contributed by atoms with E-state index in [9.17, 15) is 58.5 Å². The quantitative estimate of drug-likeness (QED) is 0.0172. The molecule has 3 aromatic carbocycles. The van der Waals surface area contributed by atoms with Crippen LogP contribution in [0.5, 0.6) is 0 Å². The van der Waals surface area contributed by atoms with Crippen molar-refractivity contribution in [2.24, 2.45) is 28.1 Å². The number of carbonyl (C=O) groups excluding carboxylic acids is 8. The molecule has 3 aromatic rings. The standard InChI is InChI=1S/C48H66N12O12/c1-28(2)40(46(70)58-34(22-30-15-8-4-9-16-30)43(67)59-37(27-62)45(69)56-32(47(71)72)19-12-20-52-48(50)51)60-44(68)35(23-31-17-10-5-11-18-31)57-42(66)33(21-29-13-6-3-7-14-29)54-39(64)25-53-41(65)36(26-61)55-38(63)24-49/h3-11,13-18,28,32-37,40,61-62H,12,19-27,49H2,1-2H3,(H,53,65)(H,54,64)(H,55,63)(H,56,69)(H,57,66)(H,58,70)(H,59,67)(H,60,68)(H,71,72)(H4,50,51,52)/t32-,33-,34-,35-,36-,37-,40-/m0/s1. The van der Waals surface area contributed by atoms with Crippen LogP contribution in [0.15, 0.2) is 96.0 Å². The number of nitrogens with one attached hydrogen (secondary N) is 8. The van der Waals surface area contributed by atoms with Crippen molar-refractivity contribution in [3.63, 3.8) is 0 Å². The highest BCUT2D eigenvalue weighted by Crippen LogP contribution is 2.11. The molecule has 0 aromatic heterocycles. The van der Waals surface area contributed by atoms with Crippen molar-refractivity contribution in [3.05, 3.63) is 108 Å². The van der Waals surface area contributed by atoms with Crippen molar-refractivity contribution >= 4 is 59.2 Å². The molecule has 8 amide bonds. The lowest BCUT2D eigenvalue weighted by Crippen LogP contribution is -2.61. The molecule has 0 aliphatic rings. The molecular weight excluding hydrogens is 937 g/mol. The first kappa shape index (κ1) is 58.4. The molecule has 3 rings (SSSR count). The van der Waals surface area contributed by atoms with E-state index in [-0.39, 0.29) is 44.6 Å². The number of carbonyl (C=O) groups is 9. The SMILES string of the molecule is CC(C)[C@H](NC(=O)[C@H](Cc1ccccc1)NC(=O)[C@H](Cc1ccccc1)NC(=O)CNC(=O)[C@H](CO)NC(=O)CN)C(=O)N[C@@H](Cc1ccccc1)C(=O)N[C@@H](CO)C(=O)N[C@@H](CCCN=C(N)N)C(=O)O. The number of guanidine groups is 1. The van der Waals surface area contributed by atoms with Crippen LogP contribution in [0, 0.1) is 5.92 Å². The van der Waals surface area contributed by atoms with Crippen molar-refractivity contribution in [1.82, 2.24) is 42.5 Å². The summed E-state index contributed by atoms with van der Waals surface area (Å²) in [6.45, 7) is 0.475. The summed E-state index contributed by atoms with van der Waals surface area (Å²) in [5, 5.41) is 49.3. The molecule has 24 heteroatoms. The van der Waals surface area contributed by atoms with Gasteiger partial charge in [0.2, 0.25) is 47.3 Å². The van der Waals surface area contributed by atoms with Gasteiger partial charge >= 0.3 is 5.97 Å². The van der Waals surface area contributed by atoms with E-state index < -0.39 is 128 Å². The zero-order chi connectivity index (χ0) is 53.2. The van der Waals surface area contributed by atoms with Crippen LogP contribution in [0.25, 0.3) is 0 Å². The minimum absolute atomic E-state index is 0.0701. The molecule has 0 bridgehead atoms. The number of hydrogen-bond donors (Lipinski definition) is 14. The molecule has 17 N–H and O–H groups in total. The number of nitrogens with two attached hydrogens (primary N) is 3. The van der Waals surface area contributed by atoms with Gasteiger partial charge in [0.1, 0.15) is 42.3 Å². The summed E-state index contributed by atoms with van der Waals surface area (Å²) in [5.74, 6) is -9.09. The Labute approximate surface area is 416 Å². The maximum absolute atomic E-state index is 14.4. The van der Waals surface area contributed by atoms with Gasteiger partial charge in [-0.05, 0) is 35.4 Å². The predicted molar refractivity (Wildman–Crippen MR) is 263 cm³/mol. The summed E-state index contributed by atoms with van der Waals surface area (Å²) in [4.78, 5) is 123. The lowest BCUT2D eigenvalue weighted by atomic mass is 9.99. The zero-order valence-electron chi connectivity index (χ0n) is 40.0. The van der Waals surface area contributed by atoms with E-state index in [1.54, 1.807) is 105 Å². The first-order valence-electron chi connectivity index (χ1n) is 23.1. The number of nitrogens with zero attached hydrogens (tertiary/aromatic N) is 1. The van der Waals surface area contributed by atoms with Crippen molar-refractivity contribution in [2.75, 3.05) is 32.8 Å². The van der Waals surface area contributed by atoms with E-state index >= 15 is 0 Å². The minimum Gasteiger partial charge on any atom is -0.480 e. The largest absolute Gasteiger partial charge is 0.480 e. The van der Waals surface area contributed by atoms with Gasteiger partial charge in [-0.3, -0.25) is 43.3 Å². The molecule has 0 heterocycles. The molecule has 0 aliphatic carbocycles. The van der Waals surface area contributed by atoms with E-state index in [0.717, 1.165) is 0 Å². The van der Waals surface area contributed by atoms with Crippen molar-refractivity contribution in [3.8, 4) is 0 Å². The summed E-state index contributed by atoms with van der Waals surface area (Å²) in [5.41, 5.74) is 17.7. The third-order valence-electron chi connectivity index (χ3n) is 10.8. The number of aliphatic imine (C=N–C) groups is 1. The van der Waals surface area contributed by atoms with Crippen LogP contribution in [0.1, 0.15) is 43.4 Å². The van der Waals surface area contributed by atoms with Gasteiger partial charge in [-0.1, -0.05) is 105 Å². The van der Waals surface area contributed by atoms with E-state index in [2.05, 4.69) is 47.5 Å². The Morgan fingerprint density at radius 1 is 0.514 bits per heavy atom. The van der Waals surface area contributed by atoms with E-state index in [1.807, 2.05) is 0 Å². The van der Waals surface area contributed by atoms with Gasteiger partial charge in [0, 0.05) is 25.8 Å². The molecule has 72 heavy (non-hydrogen) atoms. The lowest BCUT2D eigenvalue weighted by Gasteiger charge is -2.29. The average molecular weight is 1000 g/mol. The third-order valence-corrected chi connectivity index (χ3v) is 10.8. The van der Waals surface area contributed by atoms with Crippen LogP contribution >= 0.6 is 0 Å². The van der Waals surface area contributed by atoms with Crippen molar-refractivity contribution < 1.29 is 58.5 Å². The van der Waals surface area contributed by atoms with Gasteiger partial charge in [-0.15, -0.1) is 0 Å². The second-order valence-corrected chi connectivity index (χ2v) is 16.9. The number of aliphatic hydroxyl groups excluding tert-OH is 2. The Morgan fingerprint density at radius 3 is 1.33 bits per heavy atom. The van der Waals surface area contributed by atoms with E-state index in [1.165, 1.54) is 0 Å². The monoisotopic (exact) mass is 1000 g/mol. The molecule has 0 saturated carbocycles. The molecule has 0 saturated heterocycles. The Morgan fingerprint density at radius 2 is 0.903 bits per heavy atom. The first-order chi connectivity index (χ1) is 34.3. The maximum atomic E-state index is 14.4. The van der Waals surface area contributed by atoms with Crippen molar-refractivity contribution in [1.29, 1.82) is 0 Å². The Balaban J connectivity index is 1.87. The fourth-order valence-electron chi connectivity index (χ4n) is 6.98. The van der Waals surface area contributed by atoms with Crippen LogP contribution in [0.2, 0.25) is 0 Å². The second-order valence-electron chi connectivity index (χ2n) is 16.9. The normalized spacial score (nSPS) is 13.8. The fraction of sp³-hybridized carbons (Fsp3) is 0.417. The number of aliphatic hydroxyl groups is 2. The highest BCUT2D eigenvalue weighted by atomic mass is 16.4. The molecule has 0 radical (unpaired) electrons. The average Bonchev–Trinajstić information content (AvgIpc) is 3.36. The molecule has 24 nitrogen and oxygen atoms in total. The van der Waals surface area contributed by atoms with Gasteiger partial charge in [-0.2, -0.15) is 0 Å². The van der Waals surface area contributed by atoms with Gasteiger partial charge in [-0.25, -0.2) is 4.79 Å². The number of carboxylic acid groups (broad SMARTS) is 1. The number of aliphatic carboxylic acids is 1. The number of benzene rings is 3. The Hall–Kier alpha value is -7.96. The van der Waals surface area contributed by atoms with Gasteiger partial charge < -0.3 is 75.1 Å². The molecule has 0 unspecified atom stereocenters. The number of carboxylic acids is 1. The smallest absolute Gasteiger partial charge is 0.326 e. The Kier molecular flexibility index (Phi) is 24.8. The number of hydrogen-bond acceptors (Lipinski definition) is 13. The van der Waals surface area contributed by atoms with E-state index in [0.29, 0.717) is 16.7 Å². The highest BCUT2D eigenvalue weighted by Gasteiger charge is 2.35. The van der Waals surface area contributed by atoms with Gasteiger partial charge in [0.15, 0.2) is 5.96 Å². The maximum Gasteiger partial charge on any atom is 0.326 e. The molecule has 7 atom stereocenters. The summed E-state index contributed by atoms with van der Waals surface area (Å²) < 4.78 is 0. The molecule has 390 valence electrons. The zero-order valence-corrected chi connectivity index (χ0v) is 40.0. The summed E-state index contributed by atoms with van der Waals surface area (Å²) in [6, 6.07) is 15.8. The van der Waals surface area contributed by atoms with Crippen molar-refractivity contribution in [2.45, 2.75) is 88.2 Å². The third kappa shape index (κ3) is 20.6. The molecule has 0 aliphatic heterocycles. The molecule has 0 spiro atoms. The fourth-order valence-corrected chi connectivity index (χ4v) is 6.98. The Bertz CT molecular complexity index is 2300. The summed E-state index contributed by atoms with van der Waals surface area (Å²) >= 11 is 0. The molecular formula is C48H66N12O12. The van der Waals surface area contributed by atoms with E-state index in [4.69, 9.17) is 17.2 Å². The second kappa shape index (κ2) is 30.6.